The van der Waals surface area contributed by atoms with Crippen LogP contribution < -0.4 is 0 Å². The summed E-state index contributed by atoms with van der Waals surface area (Å²) in [5.74, 6) is 0. The molecule has 0 saturated carbocycles. The minimum absolute atomic E-state index is 0.00862. The van der Waals surface area contributed by atoms with Gasteiger partial charge in [-0.2, -0.15) is 0 Å². The first-order valence-electron chi connectivity index (χ1n) is 6.14. The summed E-state index contributed by atoms with van der Waals surface area (Å²) in [7, 11) is -2.84. The summed E-state index contributed by atoms with van der Waals surface area (Å²) in [6, 6.07) is 0. The van der Waals surface area contributed by atoms with Crippen LogP contribution in [0.5, 0.6) is 0 Å². The van der Waals surface area contributed by atoms with Gasteiger partial charge in [-0.3, -0.25) is 0 Å². The molecule has 1 aromatic heterocycles. The van der Waals surface area contributed by atoms with E-state index in [4.69, 9.17) is 11.2 Å². The first-order valence-corrected chi connectivity index (χ1v) is 28.3. The Labute approximate surface area is 119 Å². The quantitative estimate of drug-likeness (QED) is 0.365. The topological polar surface area (TPSA) is 0 Å². The van der Waals surface area contributed by atoms with Gasteiger partial charge in [0.1, 0.15) is 7.74 Å². The van der Waals surface area contributed by atoms with Crippen LogP contribution in [0.1, 0.15) is 0 Å². The molecular weight excluding hydrogens is 352 g/mol. The van der Waals surface area contributed by atoms with E-state index in [1.54, 1.807) is 0 Å². The molecule has 3 atom stereocenters. The second-order valence-electron chi connectivity index (χ2n) is 7.62. The summed E-state index contributed by atoms with van der Waals surface area (Å²) in [5.41, 5.74) is 0. The van der Waals surface area contributed by atoms with Gasteiger partial charge in [0.2, 0.25) is 0 Å². The van der Waals surface area contributed by atoms with Gasteiger partial charge in [-0.05, 0) is 6.58 Å². The van der Waals surface area contributed by atoms with E-state index in [1.165, 1.54) is 0 Å². The zero-order valence-corrected chi connectivity index (χ0v) is 20.0. The third-order valence-electron chi connectivity index (χ3n) is 2.49. The summed E-state index contributed by atoms with van der Waals surface area (Å²) in [5, 5.41) is 0. The van der Waals surface area contributed by atoms with Crippen molar-refractivity contribution in [3.05, 3.63) is 0 Å². The molecule has 8 heteroatoms. The number of hydrogen-bond acceptors (Lipinski definition) is 0. The number of hydrogen-bond donors (Lipinski definition) is 0. The standard InChI is InChI=1S/C9H27ClP4Si3/c1-15(2,3)13-11(10)12(13)14(16(4,5)6)17(7,8)9/h1-9H3. The number of rotatable bonds is 4. The van der Waals surface area contributed by atoms with E-state index in [0.29, 0.717) is 19.7 Å². The van der Waals surface area contributed by atoms with Crippen LogP contribution in [0.2, 0.25) is 58.9 Å². The molecule has 0 amide bonds. The fraction of sp³-hybridized carbons (Fsp3) is 1.00. The van der Waals surface area contributed by atoms with Crippen LogP contribution in [-0.2, 0) is 0 Å². The Morgan fingerprint density at radius 2 is 1.12 bits per heavy atom. The molecule has 102 valence electrons. The second-order valence-corrected chi connectivity index (χ2v) is 61.6. The van der Waals surface area contributed by atoms with Crippen LogP contribution in [0, 0.1) is 0 Å². The molecule has 0 radical (unpaired) electrons. The second kappa shape index (κ2) is 5.23. The van der Waals surface area contributed by atoms with Crippen molar-refractivity contribution < 1.29 is 0 Å². The van der Waals surface area contributed by atoms with Gasteiger partial charge in [-0.25, -0.2) is 0 Å². The molecule has 0 aromatic carbocycles. The Kier molecular flexibility index (Phi) is 5.33. The Morgan fingerprint density at radius 1 is 0.765 bits per heavy atom. The van der Waals surface area contributed by atoms with Crippen LogP contribution in [0.3, 0.4) is 0 Å². The zero-order chi connectivity index (χ0) is 13.8. The molecule has 3 unspecified atom stereocenters. The van der Waals surface area contributed by atoms with Gasteiger partial charge in [0.25, 0.3) is 0 Å². The SMILES string of the molecule is C[Si](C)(C)P(p1p(Cl)p1[Si](C)(C)C)[Si](C)(C)C. The van der Waals surface area contributed by atoms with E-state index in [-0.39, 0.29) is 6.24 Å². The van der Waals surface area contributed by atoms with Gasteiger partial charge in [0, 0.05) is 6.24 Å². The Balaban J connectivity index is 3.19. The molecule has 0 spiro atoms. The van der Waals surface area contributed by atoms with Gasteiger partial charge in [0.15, 0.2) is 0 Å². The van der Waals surface area contributed by atoms with Crippen molar-refractivity contribution in [1.29, 1.82) is 0 Å². The number of halogens is 1. The van der Waals surface area contributed by atoms with Crippen molar-refractivity contribution in [2.45, 2.75) is 58.9 Å². The Morgan fingerprint density at radius 3 is 1.29 bits per heavy atom. The highest BCUT2D eigenvalue weighted by atomic mass is 35.7. The largest absolute Gasteiger partial charge is 0.110 e. The maximum Gasteiger partial charge on any atom is 0.110 e. The maximum absolute atomic E-state index is 6.83. The van der Waals surface area contributed by atoms with Crippen LogP contribution in [0.15, 0.2) is 0 Å². The third-order valence-corrected chi connectivity index (χ3v) is 96.0. The highest BCUT2D eigenvalue weighted by Gasteiger charge is 2.46. The first kappa shape index (κ1) is 17.3. The predicted molar refractivity (Wildman–Crippen MR) is 104 cm³/mol. The van der Waals surface area contributed by atoms with Crippen molar-refractivity contribution in [2.24, 2.45) is 0 Å². The Bertz CT molecular complexity index is 371. The van der Waals surface area contributed by atoms with Gasteiger partial charge in [0.05, 0.1) is 15.5 Å². The average molecular weight is 379 g/mol. The van der Waals surface area contributed by atoms with Crippen molar-refractivity contribution in [3.63, 3.8) is 0 Å². The molecule has 17 heavy (non-hydrogen) atoms. The average Bonchev–Trinajstić information content (AvgIpc) is 2.52. The van der Waals surface area contributed by atoms with E-state index in [9.17, 15) is 0 Å². The van der Waals surface area contributed by atoms with Gasteiger partial charge < -0.3 is 0 Å². The molecule has 0 fully saturated rings. The molecule has 0 aliphatic heterocycles. The molecule has 0 aliphatic carbocycles. The molecule has 0 saturated heterocycles. The van der Waals surface area contributed by atoms with Crippen LogP contribution >= 0.6 is 37.2 Å². The lowest BCUT2D eigenvalue weighted by Gasteiger charge is -2.37. The summed E-state index contributed by atoms with van der Waals surface area (Å²) in [4.78, 5) is 0. The minimum atomic E-state index is -0.960. The Hall–Kier alpha value is 2.27. The molecule has 1 heterocycles. The zero-order valence-electron chi connectivity index (χ0n) is 12.7. The fourth-order valence-electron chi connectivity index (χ4n) is 2.32. The fourth-order valence-corrected chi connectivity index (χ4v) is 176. The van der Waals surface area contributed by atoms with E-state index >= 15 is 0 Å². The molecule has 0 bridgehead atoms. The normalized spacial score (nSPS) is 18.2. The van der Waals surface area contributed by atoms with Gasteiger partial charge in [-0.1, -0.05) is 83.3 Å². The molecule has 1 rings (SSSR count). The lowest BCUT2D eigenvalue weighted by molar-refractivity contribution is 1.84. The smallest absolute Gasteiger partial charge is 0.0755 e. The first-order chi connectivity index (χ1) is 7.28. The van der Waals surface area contributed by atoms with Crippen LogP contribution in [0.4, 0.5) is 0 Å². The molecular formula is C9H27ClP4Si3. The van der Waals surface area contributed by atoms with Crippen molar-refractivity contribution >= 4 is 60.4 Å². The lowest BCUT2D eigenvalue weighted by Crippen LogP contribution is -2.29. The van der Waals surface area contributed by atoms with Gasteiger partial charge >= 0.3 is 0 Å². The molecule has 0 aliphatic rings. The molecule has 0 nitrogen and oxygen atoms in total. The monoisotopic (exact) mass is 378 g/mol. The highest BCUT2D eigenvalue weighted by Crippen LogP contribution is 3.04. The highest BCUT2D eigenvalue weighted by molar-refractivity contribution is 9.03. The maximum atomic E-state index is 6.83. The molecule has 1 aromatic rings. The lowest BCUT2D eigenvalue weighted by atomic mass is 11.8. The van der Waals surface area contributed by atoms with Gasteiger partial charge in [-0.15, -0.1) is 0 Å². The molecule has 0 N–H and O–H groups in total. The van der Waals surface area contributed by atoms with E-state index in [2.05, 4.69) is 58.9 Å². The summed E-state index contributed by atoms with van der Waals surface area (Å²) in [6.07, 6.45) is 0.357. The van der Waals surface area contributed by atoms with Crippen LogP contribution in [-0.4, -0.2) is 23.2 Å². The summed E-state index contributed by atoms with van der Waals surface area (Å²) >= 11 is 6.83. The predicted octanol–water partition coefficient (Wildman–Crippen LogP) is 8.25. The van der Waals surface area contributed by atoms with E-state index < -0.39 is 23.2 Å². The van der Waals surface area contributed by atoms with Crippen molar-refractivity contribution in [1.82, 2.24) is 0 Å². The summed E-state index contributed by atoms with van der Waals surface area (Å²) < 4.78 is 0. The minimum Gasteiger partial charge on any atom is -0.0755 e. The van der Waals surface area contributed by atoms with Crippen molar-refractivity contribution in [2.75, 3.05) is 0 Å². The van der Waals surface area contributed by atoms with Crippen LogP contribution in [0.25, 0.3) is 0 Å². The van der Waals surface area contributed by atoms with Crippen molar-refractivity contribution in [3.8, 4) is 0 Å². The third kappa shape index (κ3) is 4.12. The summed E-state index contributed by atoms with van der Waals surface area (Å²) in [6.45, 7) is 24.1. The van der Waals surface area contributed by atoms with E-state index in [1.807, 2.05) is 0 Å². The van der Waals surface area contributed by atoms with E-state index in [0.717, 1.165) is 0 Å².